The smallest absolute Gasteiger partial charge is 0.268 e. The van der Waals surface area contributed by atoms with Crippen LogP contribution in [0.4, 0.5) is 5.69 Å². The number of pyridine rings is 1. The second-order valence-corrected chi connectivity index (χ2v) is 10.5. The second kappa shape index (κ2) is 9.24. The fraction of sp³-hybridized carbons (Fsp3) is 0.538. The molecule has 8 heteroatoms. The first-order valence-electron chi connectivity index (χ1n) is 12.1. The number of hydrogen-bond donors (Lipinski definition) is 4. The molecule has 34 heavy (non-hydrogen) atoms. The number of H-pyrrole nitrogens is 1. The van der Waals surface area contributed by atoms with Crippen molar-refractivity contribution in [1.29, 1.82) is 0 Å². The minimum absolute atomic E-state index is 0.0500. The maximum atomic E-state index is 13.3. The van der Waals surface area contributed by atoms with Gasteiger partial charge >= 0.3 is 0 Å². The molecule has 4 rings (SSSR count). The Hall–Kier alpha value is -3.16. The Labute approximate surface area is 199 Å². The van der Waals surface area contributed by atoms with Crippen molar-refractivity contribution in [1.82, 2.24) is 15.3 Å². The summed E-state index contributed by atoms with van der Waals surface area (Å²) in [6.45, 7) is 7.81. The SMILES string of the molecule is CCc1cc(O)ncc1NC(=O)C(CCC1CC1)NC(=O)c1[nH]c2c(c1C)C(=O)CC(C)(C)C2. The van der Waals surface area contributed by atoms with Crippen molar-refractivity contribution in [2.24, 2.45) is 11.3 Å². The third-order valence-corrected chi connectivity index (χ3v) is 6.92. The van der Waals surface area contributed by atoms with Crippen LogP contribution in [0.5, 0.6) is 5.88 Å². The number of rotatable bonds is 8. The molecule has 1 unspecified atom stereocenters. The molecular formula is C26H34N4O4. The number of aromatic nitrogens is 2. The number of Topliss-reactive ketones (excluding diaryl/α,β-unsaturated/α-hetero) is 1. The molecule has 0 spiro atoms. The number of amides is 2. The summed E-state index contributed by atoms with van der Waals surface area (Å²) in [7, 11) is 0. The van der Waals surface area contributed by atoms with Crippen LogP contribution in [0.3, 0.4) is 0 Å². The Balaban J connectivity index is 1.54. The maximum absolute atomic E-state index is 13.3. The first-order chi connectivity index (χ1) is 16.1. The molecule has 2 aromatic heterocycles. The van der Waals surface area contributed by atoms with Crippen LogP contribution in [0.15, 0.2) is 12.3 Å². The van der Waals surface area contributed by atoms with Crippen LogP contribution < -0.4 is 10.6 Å². The van der Waals surface area contributed by atoms with Gasteiger partial charge in [0.1, 0.15) is 11.7 Å². The molecular weight excluding hydrogens is 432 g/mol. The zero-order valence-electron chi connectivity index (χ0n) is 20.4. The summed E-state index contributed by atoms with van der Waals surface area (Å²) in [5.41, 5.74) is 3.54. The van der Waals surface area contributed by atoms with Gasteiger partial charge < -0.3 is 20.7 Å². The quantitative estimate of drug-likeness (QED) is 0.467. The van der Waals surface area contributed by atoms with Gasteiger partial charge in [-0.1, -0.05) is 33.6 Å². The molecule has 2 heterocycles. The number of ketones is 1. The van der Waals surface area contributed by atoms with Crippen LogP contribution in [-0.4, -0.2) is 38.7 Å². The van der Waals surface area contributed by atoms with Crippen molar-refractivity contribution in [3.63, 3.8) is 0 Å². The first-order valence-corrected chi connectivity index (χ1v) is 12.1. The monoisotopic (exact) mass is 466 g/mol. The van der Waals surface area contributed by atoms with Crippen molar-refractivity contribution in [3.05, 3.63) is 40.3 Å². The number of aromatic hydroxyl groups is 1. The number of aryl methyl sites for hydroxylation is 1. The predicted octanol–water partition coefficient (Wildman–Crippen LogP) is 4.07. The molecule has 1 atom stereocenters. The fourth-order valence-corrected chi connectivity index (χ4v) is 4.88. The Morgan fingerprint density at radius 2 is 2.03 bits per heavy atom. The average molecular weight is 467 g/mol. The number of aromatic amines is 1. The van der Waals surface area contributed by atoms with E-state index in [2.05, 4.69) is 20.6 Å². The van der Waals surface area contributed by atoms with E-state index in [1.807, 2.05) is 20.8 Å². The normalized spacial score (nSPS) is 17.7. The Kier molecular flexibility index (Phi) is 6.51. The standard InChI is InChI=1S/C26H34N4O4/c1-5-16-10-21(32)27-13-19(16)30-24(33)17(9-8-15-6-7-15)29-25(34)23-14(2)22-18(28-23)11-26(3,4)12-20(22)31/h10,13,15,17,28H,5-9,11-12H2,1-4H3,(H,27,32)(H,29,34)(H,30,33). The Bertz CT molecular complexity index is 1130. The summed E-state index contributed by atoms with van der Waals surface area (Å²) in [6, 6.07) is 0.803. The summed E-state index contributed by atoms with van der Waals surface area (Å²) < 4.78 is 0. The summed E-state index contributed by atoms with van der Waals surface area (Å²) in [4.78, 5) is 46.2. The number of hydrogen-bond acceptors (Lipinski definition) is 5. The molecule has 1 saturated carbocycles. The lowest BCUT2D eigenvalue weighted by molar-refractivity contribution is -0.118. The molecule has 1 fully saturated rings. The highest BCUT2D eigenvalue weighted by Gasteiger charge is 2.36. The van der Waals surface area contributed by atoms with Gasteiger partial charge in [0.25, 0.3) is 5.91 Å². The molecule has 182 valence electrons. The third-order valence-electron chi connectivity index (χ3n) is 6.92. The molecule has 0 bridgehead atoms. The lowest BCUT2D eigenvalue weighted by Gasteiger charge is -2.28. The highest BCUT2D eigenvalue weighted by atomic mass is 16.3. The summed E-state index contributed by atoms with van der Waals surface area (Å²) in [5, 5.41) is 15.4. The zero-order chi connectivity index (χ0) is 24.6. The van der Waals surface area contributed by atoms with Crippen LogP contribution in [0.25, 0.3) is 0 Å². The van der Waals surface area contributed by atoms with E-state index < -0.39 is 6.04 Å². The summed E-state index contributed by atoms with van der Waals surface area (Å²) in [5.74, 6) is -0.144. The molecule has 2 aliphatic carbocycles. The number of nitrogens with one attached hydrogen (secondary N) is 3. The van der Waals surface area contributed by atoms with Crippen molar-refractivity contribution in [2.75, 3.05) is 5.32 Å². The van der Waals surface area contributed by atoms with Gasteiger partial charge in [0, 0.05) is 23.7 Å². The van der Waals surface area contributed by atoms with Gasteiger partial charge in [-0.05, 0) is 55.1 Å². The largest absolute Gasteiger partial charge is 0.493 e. The Morgan fingerprint density at radius 1 is 1.29 bits per heavy atom. The fourth-order valence-electron chi connectivity index (χ4n) is 4.88. The molecule has 2 amide bonds. The van der Waals surface area contributed by atoms with Crippen LogP contribution in [0.1, 0.15) is 90.5 Å². The van der Waals surface area contributed by atoms with Gasteiger partial charge in [-0.25, -0.2) is 4.98 Å². The highest BCUT2D eigenvalue weighted by molar-refractivity contribution is 6.06. The van der Waals surface area contributed by atoms with Crippen LogP contribution in [-0.2, 0) is 17.6 Å². The average Bonchev–Trinajstić information content (AvgIpc) is 3.53. The predicted molar refractivity (Wildman–Crippen MR) is 129 cm³/mol. The van der Waals surface area contributed by atoms with E-state index in [1.54, 1.807) is 6.92 Å². The maximum Gasteiger partial charge on any atom is 0.268 e. The molecule has 0 aliphatic heterocycles. The van der Waals surface area contributed by atoms with Crippen molar-refractivity contribution in [3.8, 4) is 5.88 Å². The number of anilines is 1. The molecule has 8 nitrogen and oxygen atoms in total. The van der Waals surface area contributed by atoms with Gasteiger partial charge in [-0.2, -0.15) is 0 Å². The first kappa shape index (κ1) is 24.0. The molecule has 0 aromatic carbocycles. The highest BCUT2D eigenvalue weighted by Crippen LogP contribution is 2.37. The van der Waals surface area contributed by atoms with Gasteiger partial charge in [-0.15, -0.1) is 0 Å². The second-order valence-electron chi connectivity index (χ2n) is 10.5. The van der Waals surface area contributed by atoms with Crippen LogP contribution in [0.2, 0.25) is 0 Å². The van der Waals surface area contributed by atoms with Gasteiger partial charge in [0.15, 0.2) is 5.78 Å². The number of nitrogens with zero attached hydrogens (tertiary/aromatic N) is 1. The number of fused-ring (bicyclic) bond motifs is 1. The van der Waals surface area contributed by atoms with Crippen LogP contribution in [0, 0.1) is 18.3 Å². The van der Waals surface area contributed by atoms with Gasteiger partial charge in [-0.3, -0.25) is 14.4 Å². The van der Waals surface area contributed by atoms with Crippen molar-refractivity contribution in [2.45, 2.75) is 78.7 Å². The van der Waals surface area contributed by atoms with Gasteiger partial charge in [0.05, 0.1) is 11.9 Å². The minimum atomic E-state index is -0.724. The number of carbonyl (C=O) groups is 3. The number of carbonyl (C=O) groups excluding carboxylic acids is 3. The lowest BCUT2D eigenvalue weighted by Crippen LogP contribution is -2.44. The van der Waals surface area contributed by atoms with Gasteiger partial charge in [0.2, 0.25) is 11.8 Å². The molecule has 0 saturated heterocycles. The van der Waals surface area contributed by atoms with E-state index in [-0.39, 0.29) is 28.9 Å². The van der Waals surface area contributed by atoms with E-state index in [1.165, 1.54) is 12.3 Å². The van der Waals surface area contributed by atoms with E-state index in [4.69, 9.17) is 0 Å². The van der Waals surface area contributed by atoms with E-state index in [0.29, 0.717) is 54.1 Å². The van der Waals surface area contributed by atoms with E-state index in [0.717, 1.165) is 30.5 Å². The summed E-state index contributed by atoms with van der Waals surface area (Å²) >= 11 is 0. The molecule has 2 aromatic rings. The van der Waals surface area contributed by atoms with E-state index in [9.17, 15) is 19.5 Å². The van der Waals surface area contributed by atoms with Crippen LogP contribution >= 0.6 is 0 Å². The molecule has 0 radical (unpaired) electrons. The van der Waals surface area contributed by atoms with E-state index >= 15 is 0 Å². The summed E-state index contributed by atoms with van der Waals surface area (Å²) in [6.07, 6.45) is 6.90. The molecule has 2 aliphatic rings. The Morgan fingerprint density at radius 3 is 2.71 bits per heavy atom. The topological polar surface area (TPSA) is 124 Å². The van der Waals surface area contributed by atoms with Crippen molar-refractivity contribution < 1.29 is 19.5 Å². The zero-order valence-corrected chi connectivity index (χ0v) is 20.4. The van der Waals surface area contributed by atoms with Crippen molar-refractivity contribution >= 4 is 23.3 Å². The molecule has 4 N–H and O–H groups in total. The minimum Gasteiger partial charge on any atom is -0.493 e. The lowest BCUT2D eigenvalue weighted by atomic mass is 9.75. The third kappa shape index (κ3) is 5.16.